The quantitative estimate of drug-likeness (QED) is 0.340. The Labute approximate surface area is 224 Å². The number of carboxylic acid groups (broad SMARTS) is 1. The monoisotopic (exact) mass is 544 g/mol. The zero-order valence-electron chi connectivity index (χ0n) is 20.5. The molecule has 9 heteroatoms. The number of likely N-dealkylation sites (tertiary alicyclic amines) is 1. The third-order valence-electron chi connectivity index (χ3n) is 7.15. The van der Waals surface area contributed by atoms with E-state index in [1.54, 1.807) is 6.07 Å². The van der Waals surface area contributed by atoms with Crippen LogP contribution in [0.3, 0.4) is 0 Å². The van der Waals surface area contributed by atoms with Crippen LogP contribution in [0, 0.1) is 11.7 Å². The molecule has 1 atom stereocenters. The second-order valence-electron chi connectivity index (χ2n) is 9.36. The van der Waals surface area contributed by atoms with Crippen molar-refractivity contribution in [3.63, 3.8) is 0 Å². The summed E-state index contributed by atoms with van der Waals surface area (Å²) in [6.07, 6.45) is 1.04. The third kappa shape index (κ3) is 4.72. The SMILES string of the molecule is CNc1cccc(-c2cccc3c2CCC3Oc2c(Cl)cc(CN3CC(C(=O)O)C3)c(OC)c2F)c1Cl. The maximum atomic E-state index is 15.6. The van der Waals surface area contributed by atoms with Crippen LogP contribution in [0.2, 0.25) is 10.0 Å². The number of fused-ring (bicyclic) bond motifs is 1. The predicted octanol–water partition coefficient (Wildman–Crippen LogP) is 6.43. The van der Waals surface area contributed by atoms with Gasteiger partial charge in [-0.15, -0.1) is 0 Å². The van der Waals surface area contributed by atoms with Crippen LogP contribution in [0.5, 0.6) is 11.5 Å². The predicted molar refractivity (Wildman–Crippen MR) is 142 cm³/mol. The summed E-state index contributed by atoms with van der Waals surface area (Å²) >= 11 is 13.2. The number of nitrogens with zero attached hydrogens (tertiary/aromatic N) is 1. The summed E-state index contributed by atoms with van der Waals surface area (Å²) in [5.74, 6) is -1.88. The Hall–Kier alpha value is -3.00. The van der Waals surface area contributed by atoms with Gasteiger partial charge in [-0.3, -0.25) is 9.69 Å². The Morgan fingerprint density at radius 2 is 1.89 bits per heavy atom. The van der Waals surface area contributed by atoms with E-state index in [4.69, 9.17) is 37.8 Å². The molecule has 2 aliphatic rings. The summed E-state index contributed by atoms with van der Waals surface area (Å²) in [5, 5.41) is 13.0. The molecule has 1 aliphatic heterocycles. The first-order valence-electron chi connectivity index (χ1n) is 12.1. The van der Waals surface area contributed by atoms with E-state index < -0.39 is 17.7 Å². The highest BCUT2D eigenvalue weighted by atomic mass is 35.5. The lowest BCUT2D eigenvalue weighted by Gasteiger charge is -2.37. The molecule has 0 radical (unpaired) electrons. The van der Waals surface area contributed by atoms with E-state index in [1.807, 2.05) is 48.3 Å². The average Bonchev–Trinajstić information content (AvgIpc) is 3.26. The Balaban J connectivity index is 1.42. The van der Waals surface area contributed by atoms with Crippen LogP contribution in [-0.4, -0.2) is 43.2 Å². The van der Waals surface area contributed by atoms with E-state index in [1.165, 1.54) is 7.11 Å². The van der Waals surface area contributed by atoms with Gasteiger partial charge in [-0.25, -0.2) is 0 Å². The number of hydrogen-bond acceptors (Lipinski definition) is 5. The molecule has 0 saturated carbocycles. The van der Waals surface area contributed by atoms with Gasteiger partial charge in [0.05, 0.1) is 28.8 Å². The lowest BCUT2D eigenvalue weighted by atomic mass is 9.96. The number of anilines is 1. The minimum absolute atomic E-state index is 0.0484. The van der Waals surface area contributed by atoms with Crippen molar-refractivity contribution >= 4 is 34.9 Å². The lowest BCUT2D eigenvalue weighted by molar-refractivity contribution is -0.147. The van der Waals surface area contributed by atoms with Crippen LogP contribution in [0.1, 0.15) is 29.2 Å². The third-order valence-corrected chi connectivity index (χ3v) is 7.83. The number of carbonyl (C=O) groups is 1. The molecule has 3 aromatic rings. The Morgan fingerprint density at radius 1 is 1.16 bits per heavy atom. The van der Waals surface area contributed by atoms with Gasteiger partial charge in [0.1, 0.15) is 6.10 Å². The van der Waals surface area contributed by atoms with E-state index in [0.29, 0.717) is 36.6 Å². The number of ether oxygens (including phenoxy) is 2. The molecule has 1 heterocycles. The van der Waals surface area contributed by atoms with Crippen LogP contribution < -0.4 is 14.8 Å². The van der Waals surface area contributed by atoms with Crippen LogP contribution >= 0.6 is 23.2 Å². The van der Waals surface area contributed by atoms with Gasteiger partial charge in [-0.2, -0.15) is 4.39 Å². The van der Waals surface area contributed by atoms with Crippen molar-refractivity contribution in [3.05, 3.63) is 75.0 Å². The van der Waals surface area contributed by atoms with Gasteiger partial charge < -0.3 is 19.9 Å². The van der Waals surface area contributed by atoms with Gasteiger partial charge in [0.15, 0.2) is 11.5 Å². The minimum Gasteiger partial charge on any atom is -0.493 e. The highest BCUT2D eigenvalue weighted by Crippen LogP contribution is 2.46. The average molecular weight is 545 g/mol. The van der Waals surface area contributed by atoms with Crippen molar-refractivity contribution in [1.82, 2.24) is 4.90 Å². The summed E-state index contributed by atoms with van der Waals surface area (Å²) in [6.45, 7) is 1.14. The molecule has 194 valence electrons. The van der Waals surface area contributed by atoms with Gasteiger partial charge in [0.2, 0.25) is 5.82 Å². The lowest BCUT2D eigenvalue weighted by Crippen LogP contribution is -2.49. The van der Waals surface area contributed by atoms with Crippen molar-refractivity contribution in [1.29, 1.82) is 0 Å². The second kappa shape index (κ2) is 10.4. The first kappa shape index (κ1) is 25.6. The standard InChI is InChI=1S/C28H27Cl2FN2O4/c1-32-22-8-4-7-20(24(22)30)17-5-3-6-19-18(17)9-10-23(19)37-27-21(29)11-15(26(36-2)25(27)31)12-33-13-16(14-33)28(34)35/h3-8,11,16,23,32H,9-10,12-14H2,1-2H3,(H,34,35). The van der Waals surface area contributed by atoms with E-state index in [2.05, 4.69) is 5.32 Å². The van der Waals surface area contributed by atoms with Gasteiger partial charge >= 0.3 is 5.97 Å². The number of methoxy groups -OCH3 is 1. The van der Waals surface area contributed by atoms with Crippen LogP contribution in [0.25, 0.3) is 11.1 Å². The minimum atomic E-state index is -0.826. The molecule has 0 bridgehead atoms. The summed E-state index contributed by atoms with van der Waals surface area (Å²) in [7, 11) is 3.23. The van der Waals surface area contributed by atoms with Gasteiger partial charge in [0, 0.05) is 37.8 Å². The molecule has 0 spiro atoms. The number of nitrogens with one attached hydrogen (secondary N) is 1. The molecular weight excluding hydrogens is 518 g/mol. The zero-order chi connectivity index (χ0) is 26.3. The van der Waals surface area contributed by atoms with Crippen LogP contribution in [0.15, 0.2) is 42.5 Å². The molecule has 1 unspecified atom stereocenters. The van der Waals surface area contributed by atoms with Crippen molar-refractivity contribution in [2.75, 3.05) is 32.6 Å². The van der Waals surface area contributed by atoms with Crippen molar-refractivity contribution in [2.24, 2.45) is 5.92 Å². The Kier molecular flexibility index (Phi) is 7.21. The fraction of sp³-hybridized carbons (Fsp3) is 0.321. The first-order valence-corrected chi connectivity index (χ1v) is 12.8. The van der Waals surface area contributed by atoms with E-state index in [-0.39, 0.29) is 22.6 Å². The molecule has 37 heavy (non-hydrogen) atoms. The highest BCUT2D eigenvalue weighted by Gasteiger charge is 2.34. The van der Waals surface area contributed by atoms with Crippen LogP contribution in [0.4, 0.5) is 10.1 Å². The highest BCUT2D eigenvalue weighted by molar-refractivity contribution is 6.36. The number of rotatable bonds is 8. The largest absolute Gasteiger partial charge is 0.493 e. The maximum Gasteiger partial charge on any atom is 0.309 e. The Morgan fingerprint density at radius 3 is 2.59 bits per heavy atom. The molecule has 5 rings (SSSR count). The molecule has 1 saturated heterocycles. The number of hydrogen-bond donors (Lipinski definition) is 2. The van der Waals surface area contributed by atoms with E-state index in [9.17, 15) is 4.79 Å². The number of aliphatic carboxylic acids is 1. The first-order chi connectivity index (χ1) is 17.8. The molecule has 6 nitrogen and oxygen atoms in total. The normalized spacial score (nSPS) is 17.3. The maximum absolute atomic E-state index is 15.6. The fourth-order valence-corrected chi connectivity index (χ4v) is 5.82. The van der Waals surface area contributed by atoms with Gasteiger partial charge in [-0.05, 0) is 41.7 Å². The summed E-state index contributed by atoms with van der Waals surface area (Å²) in [6, 6.07) is 13.5. The molecule has 2 N–H and O–H groups in total. The number of carboxylic acids is 1. The van der Waals surface area contributed by atoms with Crippen LogP contribution in [-0.2, 0) is 17.8 Å². The molecule has 0 amide bonds. The topological polar surface area (TPSA) is 71.0 Å². The second-order valence-corrected chi connectivity index (χ2v) is 10.1. The van der Waals surface area contributed by atoms with Crippen molar-refractivity contribution < 1.29 is 23.8 Å². The summed E-state index contributed by atoms with van der Waals surface area (Å²) in [5.41, 5.74) is 5.45. The fourth-order valence-electron chi connectivity index (χ4n) is 5.24. The van der Waals surface area contributed by atoms with Gasteiger partial charge in [-0.1, -0.05) is 53.5 Å². The Bertz CT molecular complexity index is 1360. The smallest absolute Gasteiger partial charge is 0.309 e. The summed E-state index contributed by atoms with van der Waals surface area (Å²) < 4.78 is 27.2. The number of halogens is 3. The molecule has 1 aliphatic carbocycles. The van der Waals surface area contributed by atoms with E-state index in [0.717, 1.165) is 34.4 Å². The van der Waals surface area contributed by atoms with E-state index >= 15 is 4.39 Å². The van der Waals surface area contributed by atoms with Crippen molar-refractivity contribution in [3.8, 4) is 22.6 Å². The van der Waals surface area contributed by atoms with Crippen molar-refractivity contribution in [2.45, 2.75) is 25.5 Å². The molecular formula is C28H27Cl2FN2O4. The molecule has 0 aromatic heterocycles. The molecule has 3 aromatic carbocycles. The van der Waals surface area contributed by atoms with Gasteiger partial charge in [0.25, 0.3) is 0 Å². The zero-order valence-corrected chi connectivity index (χ0v) is 22.0. The summed E-state index contributed by atoms with van der Waals surface area (Å²) in [4.78, 5) is 13.0. The number of benzene rings is 3. The molecule has 1 fully saturated rings.